The number of ether oxygens (including phenoxy) is 1. The van der Waals surface area contributed by atoms with Crippen LogP contribution in [0.4, 0.5) is 11.4 Å². The fourth-order valence-electron chi connectivity index (χ4n) is 1.90. The number of para-hydroxylation sites is 1. The van der Waals surface area contributed by atoms with Crippen LogP contribution < -0.4 is 11.1 Å². The molecule has 1 saturated heterocycles. The Balaban J connectivity index is 2.13. The molecule has 0 spiro atoms. The lowest BCUT2D eigenvalue weighted by Gasteiger charge is -2.16. The highest BCUT2D eigenvalue weighted by Gasteiger charge is 2.31. The van der Waals surface area contributed by atoms with Crippen molar-refractivity contribution in [2.75, 3.05) is 17.7 Å². The van der Waals surface area contributed by atoms with Crippen LogP contribution in [0.1, 0.15) is 13.3 Å². The number of nitrogens with one attached hydrogen (secondary N) is 1. The van der Waals surface area contributed by atoms with E-state index in [9.17, 15) is 4.79 Å². The van der Waals surface area contributed by atoms with Crippen LogP contribution in [0.3, 0.4) is 0 Å². The molecule has 0 radical (unpaired) electrons. The zero-order valence-electron chi connectivity index (χ0n) is 9.57. The number of nitrogen functional groups attached to an aromatic ring is 1. The maximum absolute atomic E-state index is 12.0. The number of carbonyl (C=O) groups excluding carboxylic acids is 1. The minimum Gasteiger partial charge on any atom is -0.397 e. The number of benzene rings is 1. The van der Waals surface area contributed by atoms with Crippen molar-refractivity contribution in [1.29, 1.82) is 0 Å². The van der Waals surface area contributed by atoms with Gasteiger partial charge < -0.3 is 15.8 Å². The summed E-state index contributed by atoms with van der Waals surface area (Å²) in [5, 5.41) is 3.16. The smallest absolute Gasteiger partial charge is 0.253 e. The molecule has 1 heterocycles. The third-order valence-electron chi connectivity index (χ3n) is 2.94. The molecule has 5 heteroatoms. The van der Waals surface area contributed by atoms with Crippen LogP contribution in [0.5, 0.6) is 0 Å². The van der Waals surface area contributed by atoms with Crippen molar-refractivity contribution >= 4 is 28.9 Å². The predicted molar refractivity (Wildman–Crippen MR) is 68.0 cm³/mol. The van der Waals surface area contributed by atoms with Gasteiger partial charge in [0.2, 0.25) is 0 Å². The van der Waals surface area contributed by atoms with Crippen LogP contribution >= 0.6 is 11.6 Å². The number of hydrogen-bond acceptors (Lipinski definition) is 3. The Bertz CT molecular complexity index is 416. The fourth-order valence-corrected chi connectivity index (χ4v) is 2.13. The van der Waals surface area contributed by atoms with Crippen LogP contribution in [0.25, 0.3) is 0 Å². The Hall–Kier alpha value is -1.26. The van der Waals surface area contributed by atoms with Gasteiger partial charge in [-0.1, -0.05) is 24.6 Å². The van der Waals surface area contributed by atoms with E-state index in [1.165, 1.54) is 0 Å². The normalized spacial score (nSPS) is 23.6. The monoisotopic (exact) mass is 254 g/mol. The Morgan fingerprint density at radius 3 is 2.94 bits per heavy atom. The second-order valence-corrected chi connectivity index (χ2v) is 4.66. The van der Waals surface area contributed by atoms with Crippen molar-refractivity contribution in [3.05, 3.63) is 23.2 Å². The van der Waals surface area contributed by atoms with Gasteiger partial charge >= 0.3 is 0 Å². The van der Waals surface area contributed by atoms with Gasteiger partial charge in [0, 0.05) is 6.61 Å². The van der Waals surface area contributed by atoms with Gasteiger partial charge in [-0.15, -0.1) is 0 Å². The van der Waals surface area contributed by atoms with Gasteiger partial charge in [-0.05, 0) is 24.5 Å². The van der Waals surface area contributed by atoms with Crippen LogP contribution in [0.15, 0.2) is 18.2 Å². The summed E-state index contributed by atoms with van der Waals surface area (Å²) in [7, 11) is 0. The maximum atomic E-state index is 12.0. The quantitative estimate of drug-likeness (QED) is 0.796. The Labute approximate surface area is 105 Å². The molecular weight excluding hydrogens is 240 g/mol. The largest absolute Gasteiger partial charge is 0.397 e. The van der Waals surface area contributed by atoms with Gasteiger partial charge in [0.1, 0.15) is 6.10 Å². The van der Waals surface area contributed by atoms with Gasteiger partial charge in [0.15, 0.2) is 0 Å². The van der Waals surface area contributed by atoms with Gasteiger partial charge in [-0.3, -0.25) is 4.79 Å². The minimum atomic E-state index is -0.411. The standard InChI is InChI=1S/C12H15ClN2O2/c1-7-5-6-17-11(7)12(16)15-10-8(13)3-2-4-9(10)14/h2-4,7,11H,5-6,14H2,1H3,(H,15,16). The van der Waals surface area contributed by atoms with Crippen LogP contribution in [0.2, 0.25) is 5.02 Å². The van der Waals surface area contributed by atoms with E-state index in [0.29, 0.717) is 23.0 Å². The molecule has 0 aliphatic carbocycles. The molecule has 1 aromatic carbocycles. The zero-order chi connectivity index (χ0) is 12.4. The van der Waals surface area contributed by atoms with E-state index < -0.39 is 6.10 Å². The van der Waals surface area contributed by atoms with Crippen molar-refractivity contribution < 1.29 is 9.53 Å². The van der Waals surface area contributed by atoms with E-state index in [-0.39, 0.29) is 11.8 Å². The van der Waals surface area contributed by atoms with Crippen LogP contribution in [-0.4, -0.2) is 18.6 Å². The zero-order valence-corrected chi connectivity index (χ0v) is 10.3. The highest BCUT2D eigenvalue weighted by molar-refractivity contribution is 6.34. The van der Waals surface area contributed by atoms with Crippen molar-refractivity contribution in [1.82, 2.24) is 0 Å². The van der Waals surface area contributed by atoms with E-state index >= 15 is 0 Å². The average Bonchev–Trinajstić information content (AvgIpc) is 2.70. The number of amides is 1. The Kier molecular flexibility index (Phi) is 3.54. The second kappa shape index (κ2) is 4.94. The summed E-state index contributed by atoms with van der Waals surface area (Å²) in [5.41, 5.74) is 6.68. The highest BCUT2D eigenvalue weighted by Crippen LogP contribution is 2.29. The molecule has 1 aliphatic rings. The lowest BCUT2D eigenvalue weighted by molar-refractivity contribution is -0.126. The molecule has 0 aromatic heterocycles. The number of hydrogen-bond donors (Lipinski definition) is 2. The summed E-state index contributed by atoms with van der Waals surface area (Å²) < 4.78 is 5.38. The number of halogens is 1. The molecule has 4 nitrogen and oxygen atoms in total. The molecule has 2 rings (SSSR count). The number of nitrogens with two attached hydrogens (primary N) is 1. The number of rotatable bonds is 2. The average molecular weight is 255 g/mol. The number of anilines is 2. The molecule has 3 N–H and O–H groups in total. The van der Waals surface area contributed by atoms with E-state index in [2.05, 4.69) is 5.32 Å². The second-order valence-electron chi connectivity index (χ2n) is 4.25. The summed E-state index contributed by atoms with van der Waals surface area (Å²) in [6.45, 7) is 2.62. The summed E-state index contributed by atoms with van der Waals surface area (Å²) >= 11 is 5.98. The SMILES string of the molecule is CC1CCOC1C(=O)Nc1c(N)cccc1Cl. The maximum Gasteiger partial charge on any atom is 0.253 e. The lowest BCUT2D eigenvalue weighted by Crippen LogP contribution is -2.31. The van der Waals surface area contributed by atoms with Gasteiger partial charge in [0.05, 0.1) is 16.4 Å². The first-order chi connectivity index (χ1) is 8.09. The molecule has 2 atom stereocenters. The lowest BCUT2D eigenvalue weighted by atomic mass is 10.0. The van der Waals surface area contributed by atoms with E-state index in [1.807, 2.05) is 6.92 Å². The van der Waals surface area contributed by atoms with E-state index in [0.717, 1.165) is 6.42 Å². The molecule has 1 aliphatic heterocycles. The molecular formula is C12H15ClN2O2. The first-order valence-corrected chi connectivity index (χ1v) is 5.94. The van der Waals surface area contributed by atoms with Crippen molar-refractivity contribution in [2.45, 2.75) is 19.4 Å². The third kappa shape index (κ3) is 2.53. The Morgan fingerprint density at radius 2 is 2.35 bits per heavy atom. The Morgan fingerprint density at radius 1 is 1.59 bits per heavy atom. The molecule has 0 saturated carbocycles. The third-order valence-corrected chi connectivity index (χ3v) is 3.25. The molecule has 17 heavy (non-hydrogen) atoms. The first-order valence-electron chi connectivity index (χ1n) is 5.56. The van der Waals surface area contributed by atoms with Crippen molar-refractivity contribution in [2.24, 2.45) is 5.92 Å². The summed E-state index contributed by atoms with van der Waals surface area (Å²) in [6, 6.07) is 5.12. The van der Waals surface area contributed by atoms with E-state index in [4.69, 9.17) is 22.1 Å². The van der Waals surface area contributed by atoms with Gasteiger partial charge in [0.25, 0.3) is 5.91 Å². The highest BCUT2D eigenvalue weighted by atomic mass is 35.5. The molecule has 0 bridgehead atoms. The minimum absolute atomic E-state index is 0.185. The summed E-state index contributed by atoms with van der Waals surface area (Å²) in [5.74, 6) is 0.0357. The van der Waals surface area contributed by atoms with Gasteiger partial charge in [-0.25, -0.2) is 0 Å². The van der Waals surface area contributed by atoms with Crippen molar-refractivity contribution in [3.63, 3.8) is 0 Å². The van der Waals surface area contributed by atoms with Crippen LogP contribution in [-0.2, 0) is 9.53 Å². The molecule has 1 fully saturated rings. The van der Waals surface area contributed by atoms with Crippen molar-refractivity contribution in [3.8, 4) is 0 Å². The van der Waals surface area contributed by atoms with E-state index in [1.54, 1.807) is 18.2 Å². The predicted octanol–water partition coefficient (Wildman–Crippen LogP) is 2.29. The first kappa shape index (κ1) is 12.2. The topological polar surface area (TPSA) is 64.3 Å². The van der Waals surface area contributed by atoms with Crippen LogP contribution in [0, 0.1) is 5.92 Å². The number of carbonyl (C=O) groups is 1. The molecule has 1 aromatic rings. The fraction of sp³-hybridized carbons (Fsp3) is 0.417. The summed E-state index contributed by atoms with van der Waals surface area (Å²) in [6.07, 6.45) is 0.487. The van der Waals surface area contributed by atoms with Gasteiger partial charge in [-0.2, -0.15) is 0 Å². The molecule has 1 amide bonds. The molecule has 2 unspecified atom stereocenters. The molecule has 92 valence electrons. The summed E-state index contributed by atoms with van der Waals surface area (Å²) in [4.78, 5) is 12.0.